The van der Waals surface area contributed by atoms with Crippen molar-refractivity contribution in [3.05, 3.63) is 59.7 Å². The van der Waals surface area contributed by atoms with Gasteiger partial charge in [0.05, 0.1) is 19.8 Å². The van der Waals surface area contributed by atoms with Gasteiger partial charge in [0, 0.05) is 5.56 Å². The molecule has 0 heterocycles. The second-order valence-corrected chi connectivity index (χ2v) is 4.93. The Morgan fingerprint density at radius 2 is 1.86 bits per heavy atom. The SMILES string of the molecule is CCOc1ccc([C@H](C)NC(=O)c2cccc(OC)c2)cc1. The first-order chi connectivity index (χ1) is 10.6. The van der Waals surface area contributed by atoms with Crippen molar-refractivity contribution in [2.24, 2.45) is 0 Å². The molecular weight excluding hydrogens is 278 g/mol. The first kappa shape index (κ1) is 15.9. The van der Waals surface area contributed by atoms with Crippen LogP contribution in [0.1, 0.15) is 35.8 Å². The van der Waals surface area contributed by atoms with Gasteiger partial charge in [0.15, 0.2) is 0 Å². The zero-order valence-electron chi connectivity index (χ0n) is 13.1. The first-order valence-corrected chi connectivity index (χ1v) is 7.31. The van der Waals surface area contributed by atoms with Crippen molar-refractivity contribution in [3.8, 4) is 11.5 Å². The molecule has 2 aromatic rings. The molecule has 1 N–H and O–H groups in total. The number of hydrogen-bond donors (Lipinski definition) is 1. The quantitative estimate of drug-likeness (QED) is 0.887. The molecule has 1 amide bonds. The molecule has 0 unspecified atom stereocenters. The van der Waals surface area contributed by atoms with Crippen LogP contribution in [-0.4, -0.2) is 19.6 Å². The van der Waals surface area contributed by atoms with E-state index in [1.807, 2.05) is 44.2 Å². The van der Waals surface area contributed by atoms with Gasteiger partial charge in [-0.3, -0.25) is 4.79 Å². The van der Waals surface area contributed by atoms with E-state index in [0.717, 1.165) is 11.3 Å². The maximum absolute atomic E-state index is 12.3. The van der Waals surface area contributed by atoms with Gasteiger partial charge in [0.2, 0.25) is 0 Å². The number of rotatable bonds is 6. The minimum Gasteiger partial charge on any atom is -0.497 e. The highest BCUT2D eigenvalue weighted by molar-refractivity contribution is 5.94. The number of amides is 1. The summed E-state index contributed by atoms with van der Waals surface area (Å²) in [5.41, 5.74) is 1.61. The van der Waals surface area contributed by atoms with E-state index < -0.39 is 0 Å². The molecule has 116 valence electrons. The molecule has 0 bridgehead atoms. The van der Waals surface area contributed by atoms with Crippen molar-refractivity contribution in [3.63, 3.8) is 0 Å². The standard InChI is InChI=1S/C18H21NO3/c1-4-22-16-10-8-14(9-11-16)13(2)19-18(20)15-6-5-7-17(12-15)21-3/h5-13H,4H2,1-3H3,(H,19,20)/t13-/m0/s1. The maximum atomic E-state index is 12.3. The van der Waals surface area contributed by atoms with E-state index in [-0.39, 0.29) is 11.9 Å². The Morgan fingerprint density at radius 1 is 1.14 bits per heavy atom. The van der Waals surface area contributed by atoms with Gasteiger partial charge in [-0.2, -0.15) is 0 Å². The summed E-state index contributed by atoms with van der Waals surface area (Å²) < 4.78 is 10.6. The summed E-state index contributed by atoms with van der Waals surface area (Å²) in [6.45, 7) is 4.54. The Hall–Kier alpha value is -2.49. The fourth-order valence-electron chi connectivity index (χ4n) is 2.15. The lowest BCUT2D eigenvalue weighted by atomic mass is 10.1. The fraction of sp³-hybridized carbons (Fsp3) is 0.278. The lowest BCUT2D eigenvalue weighted by Gasteiger charge is -2.15. The lowest BCUT2D eigenvalue weighted by Crippen LogP contribution is -2.26. The zero-order chi connectivity index (χ0) is 15.9. The van der Waals surface area contributed by atoms with Gasteiger partial charge in [-0.1, -0.05) is 18.2 Å². The third-order valence-corrected chi connectivity index (χ3v) is 3.37. The summed E-state index contributed by atoms with van der Waals surface area (Å²) in [5.74, 6) is 1.37. The van der Waals surface area contributed by atoms with Crippen molar-refractivity contribution < 1.29 is 14.3 Å². The Balaban J connectivity index is 2.03. The normalized spacial score (nSPS) is 11.6. The third-order valence-electron chi connectivity index (χ3n) is 3.37. The van der Waals surface area contributed by atoms with Crippen LogP contribution < -0.4 is 14.8 Å². The Kier molecular flexibility index (Phi) is 5.42. The summed E-state index contributed by atoms with van der Waals surface area (Å²) >= 11 is 0. The van der Waals surface area contributed by atoms with Crippen molar-refractivity contribution >= 4 is 5.91 Å². The molecule has 0 radical (unpaired) electrons. The van der Waals surface area contributed by atoms with Crippen molar-refractivity contribution in [1.82, 2.24) is 5.32 Å². The molecule has 1 atom stereocenters. The minimum atomic E-state index is -0.125. The van der Waals surface area contributed by atoms with Crippen LogP contribution >= 0.6 is 0 Å². The van der Waals surface area contributed by atoms with Crippen molar-refractivity contribution in [2.75, 3.05) is 13.7 Å². The smallest absolute Gasteiger partial charge is 0.251 e. The van der Waals surface area contributed by atoms with E-state index >= 15 is 0 Å². The van der Waals surface area contributed by atoms with E-state index in [1.165, 1.54) is 0 Å². The highest BCUT2D eigenvalue weighted by Gasteiger charge is 2.12. The van der Waals surface area contributed by atoms with Crippen LogP contribution in [0.2, 0.25) is 0 Å². The Labute approximate surface area is 131 Å². The second kappa shape index (κ2) is 7.50. The maximum Gasteiger partial charge on any atom is 0.251 e. The molecule has 2 aromatic carbocycles. The monoisotopic (exact) mass is 299 g/mol. The summed E-state index contributed by atoms with van der Waals surface area (Å²) in [5, 5.41) is 2.98. The van der Waals surface area contributed by atoms with E-state index in [4.69, 9.17) is 9.47 Å². The highest BCUT2D eigenvalue weighted by atomic mass is 16.5. The number of methoxy groups -OCH3 is 1. The van der Waals surface area contributed by atoms with Gasteiger partial charge < -0.3 is 14.8 Å². The first-order valence-electron chi connectivity index (χ1n) is 7.31. The van der Waals surface area contributed by atoms with Crippen LogP contribution in [0.15, 0.2) is 48.5 Å². The average Bonchev–Trinajstić information content (AvgIpc) is 2.55. The van der Waals surface area contributed by atoms with Crippen LogP contribution in [0.25, 0.3) is 0 Å². The molecule has 0 saturated carbocycles. The predicted molar refractivity (Wildman–Crippen MR) is 86.5 cm³/mol. The molecule has 22 heavy (non-hydrogen) atoms. The molecule has 0 aliphatic carbocycles. The number of nitrogens with one attached hydrogen (secondary N) is 1. The molecule has 0 fully saturated rings. The molecular formula is C18H21NO3. The van der Waals surface area contributed by atoms with Gasteiger partial charge in [-0.05, 0) is 49.7 Å². The zero-order valence-corrected chi connectivity index (χ0v) is 13.1. The molecule has 0 spiro atoms. The molecule has 2 rings (SSSR count). The van der Waals surface area contributed by atoms with Crippen LogP contribution in [0.5, 0.6) is 11.5 Å². The number of carbonyl (C=O) groups is 1. The van der Waals surface area contributed by atoms with Crippen LogP contribution in [0.4, 0.5) is 0 Å². The van der Waals surface area contributed by atoms with Crippen LogP contribution in [0, 0.1) is 0 Å². The minimum absolute atomic E-state index is 0.0885. The van der Waals surface area contributed by atoms with Crippen LogP contribution in [0.3, 0.4) is 0 Å². The van der Waals surface area contributed by atoms with Gasteiger partial charge in [-0.25, -0.2) is 0 Å². The van der Waals surface area contributed by atoms with Gasteiger partial charge in [-0.15, -0.1) is 0 Å². The number of hydrogen-bond acceptors (Lipinski definition) is 3. The fourth-order valence-corrected chi connectivity index (χ4v) is 2.15. The predicted octanol–water partition coefficient (Wildman–Crippen LogP) is 3.58. The van der Waals surface area contributed by atoms with Gasteiger partial charge >= 0.3 is 0 Å². The molecule has 0 saturated heterocycles. The number of benzene rings is 2. The van der Waals surface area contributed by atoms with Gasteiger partial charge in [0.25, 0.3) is 5.91 Å². The highest BCUT2D eigenvalue weighted by Crippen LogP contribution is 2.19. The lowest BCUT2D eigenvalue weighted by molar-refractivity contribution is 0.0939. The molecule has 0 aromatic heterocycles. The molecule has 4 nitrogen and oxygen atoms in total. The topological polar surface area (TPSA) is 47.6 Å². The van der Waals surface area contributed by atoms with E-state index in [9.17, 15) is 4.79 Å². The third kappa shape index (κ3) is 4.01. The van der Waals surface area contributed by atoms with Crippen molar-refractivity contribution in [2.45, 2.75) is 19.9 Å². The van der Waals surface area contributed by atoms with Crippen molar-refractivity contribution in [1.29, 1.82) is 0 Å². The summed E-state index contributed by atoms with van der Waals surface area (Å²) in [6, 6.07) is 14.8. The van der Waals surface area contributed by atoms with Crippen LogP contribution in [-0.2, 0) is 0 Å². The molecule has 4 heteroatoms. The van der Waals surface area contributed by atoms with E-state index in [0.29, 0.717) is 17.9 Å². The number of ether oxygens (including phenoxy) is 2. The second-order valence-electron chi connectivity index (χ2n) is 4.93. The summed E-state index contributed by atoms with van der Waals surface area (Å²) in [6.07, 6.45) is 0. The Bertz CT molecular complexity index is 622. The number of carbonyl (C=O) groups excluding carboxylic acids is 1. The van der Waals surface area contributed by atoms with Gasteiger partial charge in [0.1, 0.15) is 11.5 Å². The van der Waals surface area contributed by atoms with E-state index in [2.05, 4.69) is 5.32 Å². The Morgan fingerprint density at radius 3 is 2.50 bits per heavy atom. The average molecular weight is 299 g/mol. The molecule has 0 aliphatic heterocycles. The summed E-state index contributed by atoms with van der Waals surface area (Å²) in [4.78, 5) is 12.3. The van der Waals surface area contributed by atoms with E-state index in [1.54, 1.807) is 25.3 Å². The summed E-state index contributed by atoms with van der Waals surface area (Å²) in [7, 11) is 1.58. The largest absolute Gasteiger partial charge is 0.497 e. The molecule has 0 aliphatic rings.